The lowest BCUT2D eigenvalue weighted by molar-refractivity contribution is -0.719. The van der Waals surface area contributed by atoms with Crippen LogP contribution in [0, 0.1) is 0 Å². The highest BCUT2D eigenvalue weighted by Crippen LogP contribution is 1.98. The number of ether oxygens (including phenoxy) is 1. The van der Waals surface area contributed by atoms with Gasteiger partial charge in [0.25, 0.3) is 0 Å². The van der Waals surface area contributed by atoms with Crippen molar-refractivity contribution in [1.29, 1.82) is 0 Å². The molecule has 4 nitrogen and oxygen atoms in total. The minimum absolute atomic E-state index is 0.201. The first kappa shape index (κ1) is 10.8. The molecule has 11 heavy (non-hydrogen) atoms. The zero-order valence-corrected chi connectivity index (χ0v) is 6.49. The summed E-state index contributed by atoms with van der Waals surface area (Å²) in [5.41, 5.74) is 0. The van der Waals surface area contributed by atoms with Crippen LogP contribution in [0.5, 0.6) is 0 Å². The van der Waals surface area contributed by atoms with Gasteiger partial charge in [0.1, 0.15) is 0 Å². The molecule has 0 spiro atoms. The minimum Gasteiger partial charge on any atom is -0.845 e. The molecule has 0 aromatic carbocycles. The summed E-state index contributed by atoms with van der Waals surface area (Å²) in [5, 5.41) is 28.0. The molecule has 0 saturated carbocycles. The van der Waals surface area contributed by atoms with E-state index in [0.717, 1.165) is 25.7 Å². The van der Waals surface area contributed by atoms with Crippen LogP contribution in [0.4, 0.5) is 0 Å². The van der Waals surface area contributed by atoms with Crippen LogP contribution in [0.2, 0.25) is 0 Å². The molecule has 0 bridgehead atoms. The third-order valence-electron chi connectivity index (χ3n) is 1.31. The smallest absolute Gasteiger partial charge is 0.0433 e. The average molecular weight is 162 g/mol. The number of rotatable bonds is 7. The van der Waals surface area contributed by atoms with E-state index < -0.39 is 6.48 Å². The summed E-state index contributed by atoms with van der Waals surface area (Å²) in [6, 6.07) is 0. The maximum atomic E-state index is 9.80. The van der Waals surface area contributed by atoms with Gasteiger partial charge in [-0.05, 0) is 12.8 Å². The second-order valence-electron chi connectivity index (χ2n) is 2.30. The van der Waals surface area contributed by atoms with E-state index in [4.69, 9.17) is 5.11 Å². The Morgan fingerprint density at radius 3 is 2.27 bits per heavy atom. The Morgan fingerprint density at radius 1 is 1.09 bits per heavy atom. The summed E-state index contributed by atoms with van der Waals surface area (Å²) in [6.45, 7) is -1.71. The van der Waals surface area contributed by atoms with Crippen molar-refractivity contribution in [1.82, 2.24) is 0 Å². The van der Waals surface area contributed by atoms with Gasteiger partial charge in [0.2, 0.25) is 0 Å². The quantitative estimate of drug-likeness (QED) is 0.367. The highest BCUT2D eigenvalue weighted by molar-refractivity contribution is 4.40. The summed E-state index contributed by atoms with van der Waals surface area (Å²) in [4.78, 5) is 0. The highest BCUT2D eigenvalue weighted by atomic mass is 16.7. The molecule has 0 fully saturated rings. The minimum atomic E-state index is -2.15. The van der Waals surface area contributed by atoms with Gasteiger partial charge in [-0.15, -0.1) is 6.48 Å². The van der Waals surface area contributed by atoms with E-state index in [0.29, 0.717) is 0 Å². The first-order valence-electron chi connectivity index (χ1n) is 3.81. The van der Waals surface area contributed by atoms with E-state index in [2.05, 4.69) is 4.74 Å². The Bertz CT molecular complexity index is 74.8. The molecule has 1 N–H and O–H groups in total. The second-order valence-corrected chi connectivity index (χ2v) is 2.30. The summed E-state index contributed by atoms with van der Waals surface area (Å²) in [5.74, 6) is 0. The maximum Gasteiger partial charge on any atom is 0.0433 e. The largest absolute Gasteiger partial charge is 0.845 e. The van der Waals surface area contributed by atoms with Crippen molar-refractivity contribution in [2.45, 2.75) is 32.2 Å². The summed E-state index contributed by atoms with van der Waals surface area (Å²) >= 11 is 0. The van der Waals surface area contributed by atoms with Crippen LogP contribution in [0.3, 0.4) is 0 Å². The maximum absolute atomic E-state index is 9.80. The zero-order chi connectivity index (χ0) is 8.53. The number of unbranched alkanes of at least 4 members (excludes halogenated alkanes) is 3. The highest BCUT2D eigenvalue weighted by Gasteiger charge is 1.87. The van der Waals surface area contributed by atoms with Crippen LogP contribution in [0.25, 0.3) is 0 Å². The van der Waals surface area contributed by atoms with Gasteiger partial charge in [-0.2, -0.15) is 0 Å². The molecule has 0 aromatic rings. The third kappa shape index (κ3) is 9.84. The van der Waals surface area contributed by atoms with Gasteiger partial charge in [-0.25, -0.2) is 0 Å². The Hall–Kier alpha value is -0.160. The van der Waals surface area contributed by atoms with Crippen LogP contribution < -0.4 is 10.2 Å². The fourth-order valence-corrected chi connectivity index (χ4v) is 0.747. The Balaban J connectivity index is 2.80. The molecule has 0 aliphatic rings. The van der Waals surface area contributed by atoms with Gasteiger partial charge in [-0.1, -0.05) is 12.8 Å². The van der Waals surface area contributed by atoms with Crippen molar-refractivity contribution in [2.24, 2.45) is 0 Å². The van der Waals surface area contributed by atoms with Gasteiger partial charge in [-0.3, -0.25) is 0 Å². The predicted octanol–water partition coefficient (Wildman–Crippen LogP) is -1.44. The van der Waals surface area contributed by atoms with Crippen LogP contribution in [-0.4, -0.2) is 24.8 Å². The fourth-order valence-electron chi connectivity index (χ4n) is 0.747. The van der Waals surface area contributed by atoms with Gasteiger partial charge in [0, 0.05) is 13.2 Å². The molecule has 0 aliphatic heterocycles. The van der Waals surface area contributed by atoms with E-state index >= 15 is 0 Å². The molecule has 0 heterocycles. The average Bonchev–Trinajstić information content (AvgIpc) is 1.96. The molecule has 0 amide bonds. The number of aliphatic hydroxyl groups excluding tert-OH is 1. The molecule has 0 saturated heterocycles. The normalized spacial score (nSPS) is 10.9. The van der Waals surface area contributed by atoms with Crippen molar-refractivity contribution in [3.05, 3.63) is 0 Å². The van der Waals surface area contributed by atoms with Crippen molar-refractivity contribution in [2.75, 3.05) is 13.2 Å². The molecule has 4 heteroatoms. The molecule has 68 valence electrons. The van der Waals surface area contributed by atoms with Crippen LogP contribution in [0.1, 0.15) is 25.7 Å². The van der Waals surface area contributed by atoms with Crippen LogP contribution >= 0.6 is 0 Å². The van der Waals surface area contributed by atoms with Gasteiger partial charge in [0.05, 0.1) is 0 Å². The van der Waals surface area contributed by atoms with E-state index in [-0.39, 0.29) is 13.2 Å². The molecule has 0 aliphatic carbocycles. The molecule has 0 aromatic heterocycles. The molecular weight excluding hydrogens is 148 g/mol. The molecule has 0 unspecified atom stereocenters. The second kappa shape index (κ2) is 7.94. The molecule has 0 radical (unpaired) electrons. The van der Waals surface area contributed by atoms with Crippen molar-refractivity contribution in [3.63, 3.8) is 0 Å². The van der Waals surface area contributed by atoms with Crippen LogP contribution in [-0.2, 0) is 4.74 Å². The lowest BCUT2D eigenvalue weighted by atomic mass is 10.2. The van der Waals surface area contributed by atoms with Crippen molar-refractivity contribution >= 4 is 0 Å². The Morgan fingerprint density at radius 2 is 1.73 bits per heavy atom. The SMILES string of the molecule is [O-]C([O-])OCCCCCCO. The van der Waals surface area contributed by atoms with Crippen molar-refractivity contribution < 1.29 is 20.1 Å². The first-order valence-corrected chi connectivity index (χ1v) is 3.81. The topological polar surface area (TPSA) is 75.6 Å². The Kier molecular flexibility index (Phi) is 7.83. The van der Waals surface area contributed by atoms with E-state index in [9.17, 15) is 10.2 Å². The Labute approximate surface area is 66.4 Å². The van der Waals surface area contributed by atoms with Gasteiger partial charge in [0.15, 0.2) is 0 Å². The summed E-state index contributed by atoms with van der Waals surface area (Å²) in [6.07, 6.45) is 3.31. The number of hydrogen-bond donors (Lipinski definition) is 1. The summed E-state index contributed by atoms with van der Waals surface area (Å²) in [7, 11) is 0. The molecule has 0 atom stereocenters. The lowest BCUT2D eigenvalue weighted by Gasteiger charge is -2.28. The number of aliphatic hydroxyl groups is 1. The van der Waals surface area contributed by atoms with Crippen LogP contribution in [0.15, 0.2) is 0 Å². The monoisotopic (exact) mass is 162 g/mol. The first-order chi connectivity index (χ1) is 5.27. The standard InChI is InChI=1S/C7H14O4/c8-5-3-1-2-4-6-11-7(9)10/h7-8H,1-6H2/q-2. The number of hydrogen-bond acceptors (Lipinski definition) is 4. The third-order valence-corrected chi connectivity index (χ3v) is 1.31. The van der Waals surface area contributed by atoms with Crippen molar-refractivity contribution in [3.8, 4) is 0 Å². The molecular formula is C7H14O4-2. The fraction of sp³-hybridized carbons (Fsp3) is 1.00. The van der Waals surface area contributed by atoms with Gasteiger partial charge >= 0.3 is 0 Å². The lowest BCUT2D eigenvalue weighted by Crippen LogP contribution is -2.41. The van der Waals surface area contributed by atoms with E-state index in [1.54, 1.807) is 0 Å². The van der Waals surface area contributed by atoms with Gasteiger partial charge < -0.3 is 20.1 Å². The predicted molar refractivity (Wildman–Crippen MR) is 35.3 cm³/mol. The zero-order valence-electron chi connectivity index (χ0n) is 6.49. The summed E-state index contributed by atoms with van der Waals surface area (Å²) < 4.78 is 4.25. The van der Waals surface area contributed by atoms with E-state index in [1.165, 1.54) is 0 Å². The van der Waals surface area contributed by atoms with E-state index in [1.807, 2.05) is 0 Å². The molecule has 0 rings (SSSR count).